The summed E-state index contributed by atoms with van der Waals surface area (Å²) >= 11 is 6.21. The molecule has 3 aromatic rings. The Morgan fingerprint density at radius 1 is 1.03 bits per heavy atom. The van der Waals surface area contributed by atoms with Crippen molar-refractivity contribution < 1.29 is 9.53 Å². The lowest BCUT2D eigenvalue weighted by Crippen LogP contribution is -2.47. The largest absolute Gasteiger partial charge is 0.444 e. The SMILES string of the molecule is CC(C)(C)OC(=O)N1CCC(c2ccc(Cl)cc2)(c2ccc(-c3cn[nH]c3C3CC3)cc2)CC1.CNC. The molecule has 0 bridgehead atoms. The molecular formula is C30H39ClN4O2. The van der Waals surface area contributed by atoms with Crippen LogP contribution in [0.2, 0.25) is 5.02 Å². The van der Waals surface area contributed by atoms with Gasteiger partial charge in [0.05, 0.1) is 6.20 Å². The molecule has 6 nitrogen and oxygen atoms in total. The Labute approximate surface area is 225 Å². The Kier molecular flexibility index (Phi) is 8.29. The second-order valence-electron chi connectivity index (χ2n) is 11.1. The van der Waals surface area contributed by atoms with E-state index in [2.05, 4.69) is 51.9 Å². The first kappa shape index (κ1) is 27.2. The Hall–Kier alpha value is -2.83. The maximum Gasteiger partial charge on any atom is 0.410 e. The van der Waals surface area contributed by atoms with Crippen molar-refractivity contribution in [1.29, 1.82) is 0 Å². The molecule has 37 heavy (non-hydrogen) atoms. The van der Waals surface area contributed by atoms with E-state index in [0.717, 1.165) is 17.9 Å². The molecule has 0 spiro atoms. The first-order chi connectivity index (χ1) is 17.7. The van der Waals surface area contributed by atoms with Gasteiger partial charge in [0.25, 0.3) is 0 Å². The molecular weight excluding hydrogens is 484 g/mol. The summed E-state index contributed by atoms with van der Waals surface area (Å²) in [6.07, 6.45) is 5.83. The third kappa shape index (κ3) is 6.36. The molecule has 2 heterocycles. The van der Waals surface area contributed by atoms with Crippen molar-refractivity contribution in [2.75, 3.05) is 27.2 Å². The van der Waals surface area contributed by atoms with Crippen molar-refractivity contribution in [3.63, 3.8) is 0 Å². The standard InChI is InChI=1S/C28H32ClN3O2.C2H7N/c1-27(2,3)34-26(33)32-16-14-28(15-17-32,22-10-12-23(29)13-11-22)21-8-6-19(7-9-21)24-18-30-31-25(24)20-4-5-20;1-3-2/h6-13,18,20H,4-5,14-17H2,1-3H3,(H,30,31);3H,1-2H3. The van der Waals surface area contributed by atoms with Crippen LogP contribution in [0.3, 0.4) is 0 Å². The fourth-order valence-corrected chi connectivity index (χ4v) is 5.21. The minimum absolute atomic E-state index is 0.183. The van der Waals surface area contributed by atoms with E-state index >= 15 is 0 Å². The van der Waals surface area contributed by atoms with E-state index in [1.165, 1.54) is 40.8 Å². The third-order valence-electron chi connectivity index (χ3n) is 7.07. The summed E-state index contributed by atoms with van der Waals surface area (Å²) in [4.78, 5) is 14.5. The molecule has 2 aliphatic rings. The Morgan fingerprint density at radius 2 is 1.57 bits per heavy atom. The molecule has 0 unspecified atom stereocenters. The molecule has 7 heteroatoms. The van der Waals surface area contributed by atoms with Crippen LogP contribution in [0.5, 0.6) is 0 Å². The molecule has 0 radical (unpaired) electrons. The maximum absolute atomic E-state index is 12.7. The lowest BCUT2D eigenvalue weighted by atomic mass is 9.68. The number of H-pyrrole nitrogens is 1. The van der Waals surface area contributed by atoms with Gasteiger partial charge in [-0.25, -0.2) is 4.79 Å². The summed E-state index contributed by atoms with van der Waals surface area (Å²) in [6.45, 7) is 7.01. The van der Waals surface area contributed by atoms with E-state index in [-0.39, 0.29) is 11.5 Å². The number of ether oxygens (including phenoxy) is 1. The molecule has 0 atom stereocenters. The predicted molar refractivity (Wildman–Crippen MR) is 150 cm³/mol. The van der Waals surface area contributed by atoms with Crippen LogP contribution in [0.4, 0.5) is 4.79 Å². The molecule has 2 aromatic carbocycles. The van der Waals surface area contributed by atoms with Gasteiger partial charge < -0.3 is 15.0 Å². The lowest BCUT2D eigenvalue weighted by Gasteiger charge is -2.43. The topological polar surface area (TPSA) is 70.2 Å². The van der Waals surface area contributed by atoms with E-state index in [0.29, 0.717) is 19.0 Å². The van der Waals surface area contributed by atoms with E-state index in [1.807, 2.05) is 58.1 Å². The summed E-state index contributed by atoms with van der Waals surface area (Å²) in [5.74, 6) is 0.620. The third-order valence-corrected chi connectivity index (χ3v) is 7.32. The van der Waals surface area contributed by atoms with Gasteiger partial charge in [0, 0.05) is 40.7 Å². The summed E-state index contributed by atoms with van der Waals surface area (Å²) < 4.78 is 5.63. The highest BCUT2D eigenvalue weighted by Crippen LogP contribution is 2.45. The average Bonchev–Trinajstić information content (AvgIpc) is 3.60. The molecule has 2 fully saturated rings. The van der Waals surface area contributed by atoms with Gasteiger partial charge in [-0.3, -0.25) is 5.10 Å². The number of aromatic nitrogens is 2. The monoisotopic (exact) mass is 522 g/mol. The van der Waals surface area contributed by atoms with Gasteiger partial charge in [-0.05, 0) is 89.4 Å². The fourth-order valence-electron chi connectivity index (χ4n) is 5.09. The van der Waals surface area contributed by atoms with Crippen LogP contribution in [0.15, 0.2) is 54.7 Å². The van der Waals surface area contributed by atoms with Crippen LogP contribution in [-0.4, -0.2) is 54.0 Å². The number of benzene rings is 2. The average molecular weight is 523 g/mol. The highest BCUT2D eigenvalue weighted by molar-refractivity contribution is 6.30. The molecule has 1 aliphatic heterocycles. The number of halogens is 1. The number of amides is 1. The van der Waals surface area contributed by atoms with E-state index in [4.69, 9.17) is 16.3 Å². The Balaban J connectivity index is 0.00000102. The lowest BCUT2D eigenvalue weighted by molar-refractivity contribution is 0.0180. The predicted octanol–water partition coefficient (Wildman–Crippen LogP) is 6.76. The molecule has 1 amide bonds. The summed E-state index contributed by atoms with van der Waals surface area (Å²) in [5.41, 5.74) is 5.47. The fraction of sp³-hybridized carbons (Fsp3) is 0.467. The van der Waals surface area contributed by atoms with E-state index in [1.54, 1.807) is 0 Å². The van der Waals surface area contributed by atoms with Gasteiger partial charge in [-0.15, -0.1) is 0 Å². The van der Waals surface area contributed by atoms with Crippen molar-refractivity contribution in [3.8, 4) is 11.1 Å². The summed E-state index contributed by atoms with van der Waals surface area (Å²) in [7, 11) is 3.75. The molecule has 1 saturated carbocycles. The van der Waals surface area contributed by atoms with Crippen LogP contribution < -0.4 is 5.32 Å². The number of rotatable bonds is 4. The van der Waals surface area contributed by atoms with Crippen molar-refractivity contribution >= 4 is 17.7 Å². The molecule has 2 N–H and O–H groups in total. The number of carbonyl (C=O) groups is 1. The van der Waals surface area contributed by atoms with Crippen LogP contribution >= 0.6 is 11.6 Å². The van der Waals surface area contributed by atoms with Gasteiger partial charge in [0.2, 0.25) is 0 Å². The first-order valence-electron chi connectivity index (χ1n) is 13.1. The van der Waals surface area contributed by atoms with E-state index < -0.39 is 5.60 Å². The van der Waals surface area contributed by atoms with Gasteiger partial charge in [0.15, 0.2) is 0 Å². The number of likely N-dealkylation sites (tertiary alicyclic amines) is 1. The smallest absolute Gasteiger partial charge is 0.410 e. The normalized spacial score (nSPS) is 17.1. The minimum atomic E-state index is -0.496. The molecule has 1 aliphatic carbocycles. The number of hydrogen-bond acceptors (Lipinski definition) is 4. The highest BCUT2D eigenvalue weighted by Gasteiger charge is 2.40. The summed E-state index contributed by atoms with van der Waals surface area (Å²) in [6, 6.07) is 17.1. The zero-order valence-electron chi connectivity index (χ0n) is 22.6. The Morgan fingerprint density at radius 3 is 2.08 bits per heavy atom. The zero-order chi connectivity index (χ0) is 26.6. The van der Waals surface area contributed by atoms with Crippen LogP contribution in [-0.2, 0) is 10.2 Å². The Bertz CT molecular complexity index is 1170. The minimum Gasteiger partial charge on any atom is -0.444 e. The van der Waals surface area contributed by atoms with Gasteiger partial charge in [-0.2, -0.15) is 5.10 Å². The molecule has 1 saturated heterocycles. The van der Waals surface area contributed by atoms with Gasteiger partial charge in [-0.1, -0.05) is 48.0 Å². The van der Waals surface area contributed by atoms with Gasteiger partial charge >= 0.3 is 6.09 Å². The van der Waals surface area contributed by atoms with Gasteiger partial charge in [0.1, 0.15) is 5.60 Å². The quantitative estimate of drug-likeness (QED) is 0.397. The number of nitrogens with one attached hydrogen (secondary N) is 2. The number of carbonyl (C=O) groups excluding carboxylic acids is 1. The second kappa shape index (κ2) is 11.3. The number of aromatic amines is 1. The van der Waals surface area contributed by atoms with Crippen molar-refractivity contribution in [3.05, 3.63) is 76.6 Å². The maximum atomic E-state index is 12.7. The molecule has 5 rings (SSSR count). The molecule has 198 valence electrons. The second-order valence-corrected chi connectivity index (χ2v) is 11.5. The highest BCUT2D eigenvalue weighted by atomic mass is 35.5. The summed E-state index contributed by atoms with van der Waals surface area (Å²) in [5, 5.41) is 11.0. The number of hydrogen-bond donors (Lipinski definition) is 2. The van der Waals surface area contributed by atoms with Crippen molar-refractivity contribution in [2.45, 2.75) is 63.4 Å². The zero-order valence-corrected chi connectivity index (χ0v) is 23.4. The van der Waals surface area contributed by atoms with Crippen LogP contribution in [0, 0.1) is 0 Å². The number of piperidine rings is 1. The molecule has 1 aromatic heterocycles. The van der Waals surface area contributed by atoms with E-state index in [9.17, 15) is 4.79 Å². The van der Waals surface area contributed by atoms with Crippen LogP contribution in [0.25, 0.3) is 11.1 Å². The number of nitrogens with zero attached hydrogens (tertiary/aromatic N) is 2. The van der Waals surface area contributed by atoms with Crippen molar-refractivity contribution in [1.82, 2.24) is 20.4 Å². The first-order valence-corrected chi connectivity index (χ1v) is 13.5. The van der Waals surface area contributed by atoms with Crippen LogP contribution in [0.1, 0.15) is 69.2 Å². The van der Waals surface area contributed by atoms with Crippen molar-refractivity contribution in [2.24, 2.45) is 0 Å².